The van der Waals surface area contributed by atoms with Gasteiger partial charge in [0.15, 0.2) is 0 Å². The van der Waals surface area contributed by atoms with Gasteiger partial charge in [-0.2, -0.15) is 0 Å². The van der Waals surface area contributed by atoms with Gasteiger partial charge in [-0.3, -0.25) is 4.79 Å². The van der Waals surface area contributed by atoms with Gasteiger partial charge in [-0.05, 0) is 36.8 Å². The number of carbonyl (C=O) groups is 1. The van der Waals surface area contributed by atoms with E-state index in [9.17, 15) is 4.79 Å². The van der Waals surface area contributed by atoms with Gasteiger partial charge in [0, 0.05) is 13.1 Å². The molecular weight excluding hydrogens is 314 g/mol. The van der Waals surface area contributed by atoms with Gasteiger partial charge in [0.2, 0.25) is 0 Å². The van der Waals surface area contributed by atoms with Crippen LogP contribution in [-0.2, 0) is 13.1 Å². The average Bonchev–Trinajstić information content (AvgIpc) is 3.19. The summed E-state index contributed by atoms with van der Waals surface area (Å²) in [5.74, 6) is 0.499. The number of carbonyl (C=O) groups excluding carboxylic acids is 1. The molecule has 2 heterocycles. The topological polar surface area (TPSA) is 58.4 Å². The third kappa shape index (κ3) is 4.47. The summed E-state index contributed by atoms with van der Waals surface area (Å²) in [4.78, 5) is 18.7. The highest BCUT2D eigenvalue weighted by Gasteiger charge is 2.10. The molecular formula is C20H21N3O2. The van der Waals surface area contributed by atoms with E-state index >= 15 is 0 Å². The molecule has 0 atom stereocenters. The second-order valence-corrected chi connectivity index (χ2v) is 5.66. The molecule has 0 aliphatic heterocycles. The van der Waals surface area contributed by atoms with Gasteiger partial charge in [-0.15, -0.1) is 0 Å². The first-order valence-electron chi connectivity index (χ1n) is 8.31. The van der Waals surface area contributed by atoms with Crippen LogP contribution < -0.4 is 10.2 Å². The van der Waals surface area contributed by atoms with Gasteiger partial charge in [0.1, 0.15) is 11.5 Å². The average molecular weight is 335 g/mol. The fraction of sp³-hybridized carbons (Fsp3) is 0.200. The predicted molar refractivity (Wildman–Crippen MR) is 97.3 cm³/mol. The Morgan fingerprint density at radius 1 is 1.12 bits per heavy atom. The Bertz CT molecular complexity index is 784. The first-order valence-corrected chi connectivity index (χ1v) is 8.31. The Morgan fingerprint density at radius 2 is 1.96 bits per heavy atom. The summed E-state index contributed by atoms with van der Waals surface area (Å²) in [6, 6.07) is 17.6. The highest BCUT2D eigenvalue weighted by Crippen LogP contribution is 2.16. The van der Waals surface area contributed by atoms with Crippen molar-refractivity contribution in [2.75, 3.05) is 11.4 Å². The zero-order valence-corrected chi connectivity index (χ0v) is 14.2. The van der Waals surface area contributed by atoms with Crippen molar-refractivity contribution in [3.63, 3.8) is 0 Å². The Hall–Kier alpha value is -3.08. The molecule has 3 rings (SSSR count). The third-order valence-corrected chi connectivity index (χ3v) is 3.95. The molecule has 128 valence electrons. The summed E-state index contributed by atoms with van der Waals surface area (Å²) in [5.41, 5.74) is 2.63. The standard InChI is InChI=1S/C20H21N3O2/c1-2-23(15-16-7-4-3-5-8-16)17-10-11-19(21-13-17)20(24)22-14-18-9-6-12-25-18/h3-13H,2,14-15H2,1H3,(H,22,24). The third-order valence-electron chi connectivity index (χ3n) is 3.95. The van der Waals surface area contributed by atoms with Crippen molar-refractivity contribution in [3.8, 4) is 0 Å². The van der Waals surface area contributed by atoms with Gasteiger partial charge in [-0.1, -0.05) is 30.3 Å². The van der Waals surface area contributed by atoms with E-state index in [-0.39, 0.29) is 5.91 Å². The van der Waals surface area contributed by atoms with Crippen LogP contribution in [0.5, 0.6) is 0 Å². The van der Waals surface area contributed by atoms with Crippen LogP contribution in [0.4, 0.5) is 5.69 Å². The summed E-state index contributed by atoms with van der Waals surface area (Å²) in [7, 11) is 0. The fourth-order valence-corrected chi connectivity index (χ4v) is 2.57. The second-order valence-electron chi connectivity index (χ2n) is 5.66. The van der Waals surface area contributed by atoms with Crippen LogP contribution in [0.2, 0.25) is 0 Å². The van der Waals surface area contributed by atoms with Crippen molar-refractivity contribution in [2.24, 2.45) is 0 Å². The number of rotatable bonds is 7. The van der Waals surface area contributed by atoms with Crippen molar-refractivity contribution >= 4 is 11.6 Å². The lowest BCUT2D eigenvalue weighted by molar-refractivity contribution is 0.0943. The van der Waals surface area contributed by atoms with E-state index in [1.54, 1.807) is 24.6 Å². The van der Waals surface area contributed by atoms with Crippen molar-refractivity contribution in [1.82, 2.24) is 10.3 Å². The van der Waals surface area contributed by atoms with E-state index in [1.165, 1.54) is 5.56 Å². The summed E-state index contributed by atoms with van der Waals surface area (Å²) in [6.07, 6.45) is 3.33. The number of anilines is 1. The summed E-state index contributed by atoms with van der Waals surface area (Å²) in [5, 5.41) is 2.80. The Morgan fingerprint density at radius 3 is 2.60 bits per heavy atom. The number of pyridine rings is 1. The Balaban J connectivity index is 1.62. The van der Waals surface area contributed by atoms with E-state index in [4.69, 9.17) is 4.42 Å². The minimum Gasteiger partial charge on any atom is -0.467 e. The van der Waals surface area contributed by atoms with Gasteiger partial charge in [0.25, 0.3) is 5.91 Å². The molecule has 0 fully saturated rings. The maximum Gasteiger partial charge on any atom is 0.270 e. The minimum absolute atomic E-state index is 0.214. The largest absolute Gasteiger partial charge is 0.467 e. The monoisotopic (exact) mass is 335 g/mol. The molecule has 0 spiro atoms. The smallest absolute Gasteiger partial charge is 0.270 e. The number of nitrogens with zero attached hydrogens (tertiary/aromatic N) is 2. The molecule has 1 amide bonds. The normalized spacial score (nSPS) is 10.4. The number of aromatic nitrogens is 1. The number of benzene rings is 1. The quantitative estimate of drug-likeness (QED) is 0.716. The second kappa shape index (κ2) is 8.15. The number of amides is 1. The van der Waals surface area contributed by atoms with Crippen LogP contribution in [0.15, 0.2) is 71.5 Å². The molecule has 0 aliphatic rings. The van der Waals surface area contributed by atoms with E-state index in [0.717, 1.165) is 18.8 Å². The highest BCUT2D eigenvalue weighted by atomic mass is 16.3. The molecule has 0 radical (unpaired) electrons. The maximum absolute atomic E-state index is 12.2. The maximum atomic E-state index is 12.2. The van der Waals surface area contributed by atoms with Crippen molar-refractivity contribution in [1.29, 1.82) is 0 Å². The Kier molecular flexibility index (Phi) is 5.46. The molecule has 5 nitrogen and oxygen atoms in total. The van der Waals surface area contributed by atoms with Crippen LogP contribution in [0.3, 0.4) is 0 Å². The van der Waals surface area contributed by atoms with Gasteiger partial charge < -0.3 is 14.6 Å². The molecule has 3 aromatic rings. The SMILES string of the molecule is CCN(Cc1ccccc1)c1ccc(C(=O)NCc2ccco2)nc1. The molecule has 25 heavy (non-hydrogen) atoms. The van der Waals surface area contributed by atoms with E-state index in [2.05, 4.69) is 34.3 Å². The molecule has 0 saturated carbocycles. The lowest BCUT2D eigenvalue weighted by Crippen LogP contribution is -2.25. The van der Waals surface area contributed by atoms with E-state index in [0.29, 0.717) is 18.0 Å². The molecule has 0 bridgehead atoms. The first kappa shape index (κ1) is 16.8. The highest BCUT2D eigenvalue weighted by molar-refractivity contribution is 5.92. The zero-order chi connectivity index (χ0) is 17.5. The number of furan rings is 1. The van der Waals surface area contributed by atoms with Crippen molar-refractivity contribution in [3.05, 3.63) is 84.1 Å². The molecule has 1 aromatic carbocycles. The molecule has 5 heteroatoms. The number of hydrogen-bond acceptors (Lipinski definition) is 4. The lowest BCUT2D eigenvalue weighted by Gasteiger charge is -2.23. The first-order chi connectivity index (χ1) is 12.3. The predicted octanol–water partition coefficient (Wildman–Crippen LogP) is 3.63. The molecule has 0 aliphatic carbocycles. The van der Waals surface area contributed by atoms with Gasteiger partial charge in [0.05, 0.1) is 24.7 Å². The number of nitrogens with one attached hydrogen (secondary N) is 1. The molecule has 0 unspecified atom stereocenters. The summed E-state index contributed by atoms with van der Waals surface area (Å²) < 4.78 is 5.20. The summed E-state index contributed by atoms with van der Waals surface area (Å²) in [6.45, 7) is 4.13. The van der Waals surface area contributed by atoms with Crippen LogP contribution in [0.1, 0.15) is 28.7 Å². The lowest BCUT2D eigenvalue weighted by atomic mass is 10.2. The van der Waals surface area contributed by atoms with Crippen LogP contribution in [-0.4, -0.2) is 17.4 Å². The Labute approximate surface area is 147 Å². The zero-order valence-electron chi connectivity index (χ0n) is 14.2. The van der Waals surface area contributed by atoms with Crippen LogP contribution >= 0.6 is 0 Å². The van der Waals surface area contributed by atoms with Crippen molar-refractivity contribution in [2.45, 2.75) is 20.0 Å². The van der Waals surface area contributed by atoms with Crippen molar-refractivity contribution < 1.29 is 9.21 Å². The fourth-order valence-electron chi connectivity index (χ4n) is 2.57. The number of hydrogen-bond donors (Lipinski definition) is 1. The van der Waals surface area contributed by atoms with Crippen LogP contribution in [0.25, 0.3) is 0 Å². The van der Waals surface area contributed by atoms with E-state index in [1.807, 2.05) is 30.3 Å². The molecule has 1 N–H and O–H groups in total. The molecule has 2 aromatic heterocycles. The molecule has 0 saturated heterocycles. The summed E-state index contributed by atoms with van der Waals surface area (Å²) >= 11 is 0. The van der Waals surface area contributed by atoms with Gasteiger partial charge in [-0.25, -0.2) is 4.98 Å². The van der Waals surface area contributed by atoms with Gasteiger partial charge >= 0.3 is 0 Å². The minimum atomic E-state index is -0.214. The van der Waals surface area contributed by atoms with E-state index < -0.39 is 0 Å². The van der Waals surface area contributed by atoms with Crippen LogP contribution in [0, 0.1) is 0 Å².